The molecule has 2 heterocycles. The fourth-order valence-electron chi connectivity index (χ4n) is 3.12. The second-order valence-corrected chi connectivity index (χ2v) is 6.83. The number of aromatic nitrogens is 3. The lowest BCUT2D eigenvalue weighted by Gasteiger charge is -2.09. The Bertz CT molecular complexity index is 1200. The van der Waals surface area contributed by atoms with Crippen molar-refractivity contribution in [2.24, 2.45) is 0 Å². The molecule has 28 heavy (non-hydrogen) atoms. The van der Waals surface area contributed by atoms with Gasteiger partial charge in [-0.15, -0.1) is 0 Å². The van der Waals surface area contributed by atoms with Crippen molar-refractivity contribution in [2.75, 3.05) is 5.32 Å². The summed E-state index contributed by atoms with van der Waals surface area (Å²) >= 11 is 6.33. The number of anilines is 1. The summed E-state index contributed by atoms with van der Waals surface area (Å²) in [4.78, 5) is 17.5. The Labute approximate surface area is 165 Å². The van der Waals surface area contributed by atoms with Crippen molar-refractivity contribution in [1.29, 1.82) is 0 Å². The van der Waals surface area contributed by atoms with E-state index in [0.29, 0.717) is 44.4 Å². The third-order valence-corrected chi connectivity index (χ3v) is 4.69. The number of carbonyl (C=O) groups excluding carboxylic acids is 1. The number of nitrogens with zero attached hydrogens (tertiary/aromatic N) is 3. The van der Waals surface area contributed by atoms with Crippen LogP contribution >= 0.6 is 11.6 Å². The van der Waals surface area contributed by atoms with Crippen LogP contribution in [-0.4, -0.2) is 20.7 Å². The number of amides is 1. The van der Waals surface area contributed by atoms with E-state index in [1.165, 1.54) is 24.3 Å². The van der Waals surface area contributed by atoms with Gasteiger partial charge in [-0.2, -0.15) is 5.10 Å². The van der Waals surface area contributed by atoms with Crippen LogP contribution in [-0.2, 0) is 0 Å². The summed E-state index contributed by atoms with van der Waals surface area (Å²) in [7, 11) is 0. The zero-order valence-electron chi connectivity index (χ0n) is 15.2. The summed E-state index contributed by atoms with van der Waals surface area (Å²) in [5, 5.41) is 8.54. The molecule has 0 atom stereocenters. The molecule has 0 aliphatic carbocycles. The number of rotatable bonds is 3. The first-order valence-corrected chi connectivity index (χ1v) is 9.00. The largest absolute Gasteiger partial charge is 0.322 e. The Morgan fingerprint density at radius 1 is 1.11 bits per heavy atom. The number of nitrogens with one attached hydrogen (secondary N) is 1. The van der Waals surface area contributed by atoms with Gasteiger partial charge >= 0.3 is 0 Å². The lowest BCUT2D eigenvalue weighted by atomic mass is 10.1. The lowest BCUT2D eigenvalue weighted by Crippen LogP contribution is -2.13. The summed E-state index contributed by atoms with van der Waals surface area (Å²) in [5.41, 5.74) is 3.52. The van der Waals surface area contributed by atoms with Crippen LogP contribution < -0.4 is 5.32 Å². The number of carbonyl (C=O) groups is 1. The molecule has 0 radical (unpaired) electrons. The Balaban J connectivity index is 1.85. The van der Waals surface area contributed by atoms with E-state index in [1.54, 1.807) is 16.8 Å². The molecular weight excluding hydrogens is 379 g/mol. The van der Waals surface area contributed by atoms with Gasteiger partial charge in [0.1, 0.15) is 5.82 Å². The number of fused-ring (bicyclic) bond motifs is 1. The molecule has 7 heteroatoms. The van der Waals surface area contributed by atoms with Gasteiger partial charge in [0.2, 0.25) is 0 Å². The Morgan fingerprint density at radius 3 is 2.54 bits per heavy atom. The minimum absolute atomic E-state index is 0.316. The number of pyridine rings is 1. The van der Waals surface area contributed by atoms with Crippen molar-refractivity contribution in [3.8, 4) is 5.69 Å². The van der Waals surface area contributed by atoms with Crippen molar-refractivity contribution in [3.05, 3.63) is 82.4 Å². The van der Waals surface area contributed by atoms with Crippen molar-refractivity contribution >= 4 is 34.2 Å². The molecule has 140 valence electrons. The second kappa shape index (κ2) is 7.05. The van der Waals surface area contributed by atoms with Gasteiger partial charge in [0.05, 0.1) is 27.4 Å². The maximum Gasteiger partial charge on any atom is 0.256 e. The van der Waals surface area contributed by atoms with Crippen LogP contribution in [0.5, 0.6) is 0 Å². The third-order valence-electron chi connectivity index (χ3n) is 4.37. The first-order valence-electron chi connectivity index (χ1n) is 8.63. The quantitative estimate of drug-likeness (QED) is 0.527. The molecule has 0 saturated heterocycles. The fraction of sp³-hybridized carbons (Fsp3) is 0.0952. The molecule has 0 saturated carbocycles. The van der Waals surface area contributed by atoms with Gasteiger partial charge in [-0.1, -0.05) is 23.7 Å². The smallest absolute Gasteiger partial charge is 0.256 e. The van der Waals surface area contributed by atoms with Crippen LogP contribution in [0.2, 0.25) is 5.02 Å². The zero-order valence-corrected chi connectivity index (χ0v) is 16.0. The summed E-state index contributed by atoms with van der Waals surface area (Å²) in [6.07, 6.45) is 0. The van der Waals surface area contributed by atoms with Gasteiger partial charge in [0.15, 0.2) is 5.65 Å². The average molecular weight is 395 g/mol. The number of hydrogen-bond acceptors (Lipinski definition) is 3. The predicted molar refractivity (Wildman–Crippen MR) is 108 cm³/mol. The van der Waals surface area contributed by atoms with Crippen molar-refractivity contribution in [1.82, 2.24) is 14.8 Å². The van der Waals surface area contributed by atoms with Crippen LogP contribution in [0.1, 0.15) is 21.7 Å². The molecule has 2 aromatic carbocycles. The van der Waals surface area contributed by atoms with Crippen LogP contribution in [0.15, 0.2) is 54.6 Å². The van der Waals surface area contributed by atoms with E-state index < -0.39 is 0 Å². The Hall–Kier alpha value is -3.25. The van der Waals surface area contributed by atoms with Crippen LogP contribution in [0.25, 0.3) is 16.7 Å². The lowest BCUT2D eigenvalue weighted by molar-refractivity contribution is 0.102. The molecule has 0 bridgehead atoms. The highest BCUT2D eigenvalue weighted by Gasteiger charge is 2.20. The van der Waals surface area contributed by atoms with Crippen LogP contribution in [0, 0.1) is 19.7 Å². The molecule has 4 aromatic rings. The van der Waals surface area contributed by atoms with E-state index in [1.807, 2.05) is 32.0 Å². The minimum atomic E-state index is -0.364. The number of benzene rings is 2. The highest BCUT2D eigenvalue weighted by atomic mass is 35.5. The van der Waals surface area contributed by atoms with E-state index >= 15 is 0 Å². The van der Waals surface area contributed by atoms with Crippen molar-refractivity contribution < 1.29 is 9.18 Å². The fourth-order valence-corrected chi connectivity index (χ4v) is 3.33. The molecule has 0 aliphatic rings. The van der Waals surface area contributed by atoms with E-state index in [2.05, 4.69) is 15.4 Å². The van der Waals surface area contributed by atoms with E-state index in [4.69, 9.17) is 11.6 Å². The van der Waals surface area contributed by atoms with E-state index in [-0.39, 0.29) is 11.7 Å². The number of hydrogen-bond donors (Lipinski definition) is 1. The molecular formula is C21H16ClFN4O. The second-order valence-electron chi connectivity index (χ2n) is 6.42. The van der Waals surface area contributed by atoms with E-state index in [9.17, 15) is 9.18 Å². The van der Waals surface area contributed by atoms with Gasteiger partial charge in [-0.25, -0.2) is 14.1 Å². The van der Waals surface area contributed by atoms with Gasteiger partial charge in [0, 0.05) is 11.4 Å². The summed E-state index contributed by atoms with van der Waals surface area (Å²) in [6, 6.07) is 14.7. The molecule has 0 spiro atoms. The highest BCUT2D eigenvalue weighted by molar-refractivity contribution is 6.32. The number of aryl methyl sites for hydroxylation is 2. The maximum absolute atomic E-state index is 13.1. The summed E-state index contributed by atoms with van der Waals surface area (Å²) in [6.45, 7) is 3.63. The van der Waals surface area contributed by atoms with Crippen LogP contribution in [0.3, 0.4) is 0 Å². The van der Waals surface area contributed by atoms with Crippen molar-refractivity contribution in [2.45, 2.75) is 13.8 Å². The minimum Gasteiger partial charge on any atom is -0.322 e. The molecule has 0 unspecified atom stereocenters. The predicted octanol–water partition coefficient (Wildman–Crippen LogP) is 5.08. The van der Waals surface area contributed by atoms with E-state index in [0.717, 1.165) is 0 Å². The number of halogens is 2. The normalized spacial score (nSPS) is 11.0. The monoisotopic (exact) mass is 394 g/mol. The number of para-hydroxylation sites is 1. The Morgan fingerprint density at radius 2 is 1.82 bits per heavy atom. The molecule has 1 amide bonds. The first-order chi connectivity index (χ1) is 13.4. The molecule has 2 aromatic heterocycles. The van der Waals surface area contributed by atoms with Gasteiger partial charge in [-0.05, 0) is 56.3 Å². The Kier molecular flexibility index (Phi) is 4.57. The molecule has 1 N–H and O–H groups in total. The van der Waals surface area contributed by atoms with Gasteiger partial charge in [0.25, 0.3) is 5.91 Å². The van der Waals surface area contributed by atoms with Crippen molar-refractivity contribution in [3.63, 3.8) is 0 Å². The van der Waals surface area contributed by atoms with Gasteiger partial charge in [-0.3, -0.25) is 4.79 Å². The summed E-state index contributed by atoms with van der Waals surface area (Å²) in [5.74, 6) is -0.680. The first kappa shape index (κ1) is 18.1. The topological polar surface area (TPSA) is 59.8 Å². The summed E-state index contributed by atoms with van der Waals surface area (Å²) < 4.78 is 14.8. The third kappa shape index (κ3) is 3.23. The molecule has 4 rings (SSSR count). The molecule has 5 nitrogen and oxygen atoms in total. The van der Waals surface area contributed by atoms with Crippen LogP contribution in [0.4, 0.5) is 10.1 Å². The molecule has 0 aliphatic heterocycles. The maximum atomic E-state index is 13.1. The molecule has 0 fully saturated rings. The SMILES string of the molecule is Cc1cc(C(=O)Nc2ccc(F)cc2)c2c(C)nn(-c3ccccc3Cl)c2n1. The highest BCUT2D eigenvalue weighted by Crippen LogP contribution is 2.28. The standard InChI is InChI=1S/C21H16ClFN4O/c1-12-11-16(21(28)25-15-9-7-14(23)8-10-15)19-13(2)26-27(20(19)24-12)18-6-4-3-5-17(18)22/h3-11H,1-2H3,(H,25,28). The average Bonchev–Trinajstić information content (AvgIpc) is 2.99. The zero-order chi connectivity index (χ0) is 19.8. The van der Waals surface area contributed by atoms with Gasteiger partial charge < -0.3 is 5.32 Å².